The Balaban J connectivity index is 2.27. The molecule has 0 radical (unpaired) electrons. The Bertz CT molecular complexity index is 1110. The third-order valence-electron chi connectivity index (χ3n) is 4.34. The van der Waals surface area contributed by atoms with E-state index in [2.05, 4.69) is 4.98 Å². The highest BCUT2D eigenvalue weighted by Gasteiger charge is 2.34. The quantitative estimate of drug-likeness (QED) is 0.677. The maximum absolute atomic E-state index is 14.1. The van der Waals surface area contributed by atoms with Gasteiger partial charge in [0.2, 0.25) is 0 Å². The first-order valence-corrected chi connectivity index (χ1v) is 9.72. The highest BCUT2D eigenvalue weighted by atomic mass is 32.2. The minimum absolute atomic E-state index is 0.0539. The molecule has 0 amide bonds. The average Bonchev–Trinajstić information content (AvgIpc) is 3.02. The Labute approximate surface area is 157 Å². The van der Waals surface area contributed by atoms with E-state index < -0.39 is 20.4 Å². The lowest BCUT2D eigenvalue weighted by Crippen LogP contribution is -2.28. The van der Waals surface area contributed by atoms with E-state index in [0.717, 1.165) is 0 Å². The lowest BCUT2D eigenvalue weighted by Gasteiger charge is -2.21. The van der Waals surface area contributed by atoms with Crippen molar-refractivity contribution in [1.29, 1.82) is 0 Å². The fourth-order valence-electron chi connectivity index (χ4n) is 2.72. The summed E-state index contributed by atoms with van der Waals surface area (Å²) in [6, 6.07) is 6.08. The maximum Gasteiger partial charge on any atom is 0.188 e. The molecule has 3 aromatic rings. The summed E-state index contributed by atoms with van der Waals surface area (Å²) in [5, 5.41) is 0. The number of imidazole rings is 1. The van der Waals surface area contributed by atoms with E-state index in [1.165, 1.54) is 32.5 Å². The first kappa shape index (κ1) is 19.2. The van der Waals surface area contributed by atoms with Crippen LogP contribution < -0.4 is 9.47 Å². The molecule has 0 aliphatic rings. The highest BCUT2D eigenvalue weighted by Crippen LogP contribution is 2.34. The first-order chi connectivity index (χ1) is 12.6. The lowest BCUT2D eigenvalue weighted by atomic mass is 10.1. The van der Waals surface area contributed by atoms with Crippen LogP contribution in [0.3, 0.4) is 0 Å². The van der Waals surface area contributed by atoms with Gasteiger partial charge in [-0.2, -0.15) is 0 Å². The molecule has 8 heteroatoms. The van der Waals surface area contributed by atoms with E-state index in [1.807, 2.05) is 0 Å². The molecule has 6 nitrogen and oxygen atoms in total. The summed E-state index contributed by atoms with van der Waals surface area (Å²) in [5.41, 5.74) is 1.59. The van der Waals surface area contributed by atoms with Crippen molar-refractivity contribution in [2.45, 2.75) is 30.4 Å². The number of methoxy groups -OCH3 is 2. The summed E-state index contributed by atoms with van der Waals surface area (Å²) in [5.74, 6) is -0.165. The molecule has 0 aliphatic carbocycles. The van der Waals surface area contributed by atoms with E-state index >= 15 is 0 Å². The molecule has 2 heterocycles. The Morgan fingerprint density at radius 3 is 2.30 bits per heavy atom. The van der Waals surface area contributed by atoms with Gasteiger partial charge in [-0.15, -0.1) is 0 Å². The summed E-state index contributed by atoms with van der Waals surface area (Å²) >= 11 is 0. The number of aromatic nitrogens is 2. The second kappa shape index (κ2) is 6.53. The lowest BCUT2D eigenvalue weighted by molar-refractivity contribution is 0.386. The molecular formula is C19H21FN2O4S. The fourth-order valence-corrected chi connectivity index (χ4v) is 4.03. The predicted octanol–water partition coefficient (Wildman–Crippen LogP) is 3.73. The Morgan fingerprint density at radius 2 is 1.74 bits per heavy atom. The Kier molecular flexibility index (Phi) is 4.63. The molecule has 0 atom stereocenters. The van der Waals surface area contributed by atoms with Crippen molar-refractivity contribution in [3.8, 4) is 22.8 Å². The highest BCUT2D eigenvalue weighted by molar-refractivity contribution is 7.92. The van der Waals surface area contributed by atoms with Crippen LogP contribution in [0.2, 0.25) is 0 Å². The van der Waals surface area contributed by atoms with Crippen LogP contribution in [0.15, 0.2) is 41.6 Å². The van der Waals surface area contributed by atoms with Gasteiger partial charge in [0.25, 0.3) is 0 Å². The summed E-state index contributed by atoms with van der Waals surface area (Å²) in [6.07, 6.45) is 3.03. The van der Waals surface area contributed by atoms with E-state index in [-0.39, 0.29) is 16.4 Å². The molecule has 0 spiro atoms. The number of fused-ring (bicyclic) bond motifs is 1. The summed E-state index contributed by atoms with van der Waals surface area (Å²) in [6.45, 7) is 4.87. The molecule has 27 heavy (non-hydrogen) atoms. The molecule has 144 valence electrons. The zero-order chi connectivity index (χ0) is 20.0. The van der Waals surface area contributed by atoms with Crippen molar-refractivity contribution in [3.05, 3.63) is 42.5 Å². The minimum atomic E-state index is -3.67. The number of pyridine rings is 1. The molecule has 0 saturated heterocycles. The topological polar surface area (TPSA) is 69.9 Å². The third kappa shape index (κ3) is 3.14. The summed E-state index contributed by atoms with van der Waals surface area (Å²) in [4.78, 5) is 4.35. The van der Waals surface area contributed by atoms with Gasteiger partial charge in [-0.3, -0.25) is 4.40 Å². The number of halogens is 1. The molecule has 2 aromatic heterocycles. The number of nitrogens with zero attached hydrogens (tertiary/aromatic N) is 2. The van der Waals surface area contributed by atoms with Crippen molar-refractivity contribution >= 4 is 15.5 Å². The van der Waals surface area contributed by atoms with Gasteiger partial charge in [-0.1, -0.05) is 0 Å². The number of rotatable bonds is 4. The SMILES string of the molecule is COc1ccc(-c2cnc3cc(OC)c(S(=O)(=O)C(C)(C)C)cn23)cc1F. The van der Waals surface area contributed by atoms with Crippen molar-refractivity contribution in [3.63, 3.8) is 0 Å². The van der Waals surface area contributed by atoms with Crippen LogP contribution in [0.25, 0.3) is 16.9 Å². The van der Waals surface area contributed by atoms with Gasteiger partial charge in [0.05, 0.1) is 30.9 Å². The van der Waals surface area contributed by atoms with Gasteiger partial charge in [0.1, 0.15) is 16.3 Å². The van der Waals surface area contributed by atoms with Gasteiger partial charge >= 0.3 is 0 Å². The van der Waals surface area contributed by atoms with E-state index in [0.29, 0.717) is 16.9 Å². The first-order valence-electron chi connectivity index (χ1n) is 8.24. The number of benzene rings is 1. The van der Waals surface area contributed by atoms with Crippen LogP contribution in [0, 0.1) is 5.82 Å². The summed E-state index contributed by atoms with van der Waals surface area (Å²) in [7, 11) is -0.870. The Hall–Kier alpha value is -2.61. The van der Waals surface area contributed by atoms with Crippen LogP contribution in [-0.2, 0) is 9.84 Å². The zero-order valence-corrected chi connectivity index (χ0v) is 16.6. The van der Waals surface area contributed by atoms with Crippen molar-refractivity contribution < 1.29 is 22.3 Å². The van der Waals surface area contributed by atoms with E-state index in [4.69, 9.17) is 9.47 Å². The van der Waals surface area contributed by atoms with Crippen molar-refractivity contribution in [2.24, 2.45) is 0 Å². The normalized spacial score (nSPS) is 12.4. The monoisotopic (exact) mass is 392 g/mol. The van der Waals surface area contributed by atoms with Crippen molar-refractivity contribution in [1.82, 2.24) is 9.38 Å². The van der Waals surface area contributed by atoms with Crippen LogP contribution in [0.1, 0.15) is 20.8 Å². The number of hydrogen-bond acceptors (Lipinski definition) is 5. The molecule has 0 fully saturated rings. The number of ether oxygens (including phenoxy) is 2. The van der Waals surface area contributed by atoms with Gasteiger partial charge in [0, 0.05) is 17.8 Å². The van der Waals surface area contributed by atoms with Gasteiger partial charge in [0.15, 0.2) is 21.4 Å². The molecule has 0 N–H and O–H groups in total. The number of sulfone groups is 1. The van der Waals surface area contributed by atoms with Crippen LogP contribution >= 0.6 is 0 Å². The molecule has 3 rings (SSSR count). The molecule has 0 unspecified atom stereocenters. The average molecular weight is 392 g/mol. The van der Waals surface area contributed by atoms with E-state index in [1.54, 1.807) is 43.5 Å². The smallest absolute Gasteiger partial charge is 0.188 e. The van der Waals surface area contributed by atoms with Crippen LogP contribution in [-0.4, -0.2) is 36.8 Å². The Morgan fingerprint density at radius 1 is 1.07 bits per heavy atom. The standard InChI is InChI=1S/C19H21FN2O4S/c1-19(2,3)27(23,24)17-11-22-14(10-21-18(22)9-16(17)26-5)12-6-7-15(25-4)13(20)8-12/h6-11H,1-5H3. The molecule has 1 aromatic carbocycles. The van der Waals surface area contributed by atoms with Gasteiger partial charge < -0.3 is 9.47 Å². The third-order valence-corrected chi connectivity index (χ3v) is 6.84. The van der Waals surface area contributed by atoms with Gasteiger partial charge in [-0.05, 0) is 39.0 Å². The molecular weight excluding hydrogens is 371 g/mol. The fraction of sp³-hybridized carbons (Fsp3) is 0.316. The van der Waals surface area contributed by atoms with Crippen LogP contribution in [0.4, 0.5) is 4.39 Å². The molecule has 0 aliphatic heterocycles. The van der Waals surface area contributed by atoms with Crippen LogP contribution in [0.5, 0.6) is 11.5 Å². The minimum Gasteiger partial charge on any atom is -0.495 e. The number of hydrogen-bond donors (Lipinski definition) is 0. The van der Waals surface area contributed by atoms with Crippen molar-refractivity contribution in [2.75, 3.05) is 14.2 Å². The maximum atomic E-state index is 14.1. The molecule has 0 bridgehead atoms. The molecule has 0 saturated carbocycles. The zero-order valence-electron chi connectivity index (χ0n) is 15.8. The largest absolute Gasteiger partial charge is 0.495 e. The second-order valence-corrected chi connectivity index (χ2v) is 9.71. The second-order valence-electron chi connectivity index (χ2n) is 7.04. The van der Waals surface area contributed by atoms with E-state index in [9.17, 15) is 12.8 Å². The van der Waals surface area contributed by atoms with Gasteiger partial charge in [-0.25, -0.2) is 17.8 Å². The predicted molar refractivity (Wildman–Crippen MR) is 101 cm³/mol. The summed E-state index contributed by atoms with van der Waals surface area (Å²) < 4.78 is 50.9.